The number of ether oxygens (including phenoxy) is 1. The maximum atomic E-state index is 12.1. The van der Waals surface area contributed by atoms with Crippen LogP contribution in [0, 0.1) is 0 Å². The van der Waals surface area contributed by atoms with Gasteiger partial charge in [-0.25, -0.2) is 0 Å². The van der Waals surface area contributed by atoms with E-state index >= 15 is 0 Å². The number of amides is 1. The lowest BCUT2D eigenvalue weighted by molar-refractivity contribution is -0.124. The number of hydrogen-bond donors (Lipinski definition) is 2. The van der Waals surface area contributed by atoms with Gasteiger partial charge in [0.2, 0.25) is 0 Å². The highest BCUT2D eigenvalue weighted by Crippen LogP contribution is 2.30. The molecule has 0 aliphatic carbocycles. The first kappa shape index (κ1) is 20.6. The third kappa shape index (κ3) is 5.63. The van der Waals surface area contributed by atoms with Crippen molar-refractivity contribution >= 4 is 29.9 Å². The molecule has 4 nitrogen and oxygen atoms in total. The lowest BCUT2D eigenvalue weighted by atomic mass is 10.0. The van der Waals surface area contributed by atoms with Gasteiger partial charge in [0.05, 0.1) is 5.02 Å². The molecule has 1 aliphatic heterocycles. The second kappa shape index (κ2) is 9.81. The Morgan fingerprint density at radius 2 is 2.00 bits per heavy atom. The van der Waals surface area contributed by atoms with Gasteiger partial charge in [0, 0.05) is 12.1 Å². The van der Waals surface area contributed by atoms with Gasteiger partial charge in [-0.1, -0.05) is 48.0 Å². The molecular weight excluding hydrogens is 371 g/mol. The molecule has 1 fully saturated rings. The van der Waals surface area contributed by atoms with Gasteiger partial charge >= 0.3 is 0 Å². The predicted octanol–water partition coefficient (Wildman–Crippen LogP) is 4.06. The molecule has 2 aromatic carbocycles. The highest BCUT2D eigenvalue weighted by atomic mass is 35.5. The van der Waals surface area contributed by atoms with E-state index in [0.717, 1.165) is 30.5 Å². The number of nitrogens with one attached hydrogen (secondary N) is 2. The van der Waals surface area contributed by atoms with Crippen LogP contribution in [0.5, 0.6) is 5.75 Å². The van der Waals surface area contributed by atoms with Crippen molar-refractivity contribution in [3.63, 3.8) is 0 Å². The number of rotatable bonds is 5. The fraction of sp³-hybridized carbons (Fsp3) is 0.350. The standard InChI is InChI=1S/C20H23ClN2O2.ClH/c1-14-11-17(9-10-22-14)23-20(24)13-25-19-8-7-16(12-18(19)21)15-5-3-2-4-6-15;/h2-8,12,14,17,22H,9-11,13H2,1H3,(H,23,24);1H. The summed E-state index contributed by atoms with van der Waals surface area (Å²) in [6.07, 6.45) is 1.89. The van der Waals surface area contributed by atoms with Crippen molar-refractivity contribution in [2.75, 3.05) is 13.2 Å². The van der Waals surface area contributed by atoms with Gasteiger partial charge in [-0.3, -0.25) is 4.79 Å². The molecule has 1 aliphatic rings. The van der Waals surface area contributed by atoms with Gasteiger partial charge in [0.25, 0.3) is 5.91 Å². The summed E-state index contributed by atoms with van der Waals surface area (Å²) in [7, 11) is 0. The number of halogens is 2. The van der Waals surface area contributed by atoms with E-state index in [1.165, 1.54) is 0 Å². The van der Waals surface area contributed by atoms with Crippen molar-refractivity contribution < 1.29 is 9.53 Å². The Hall–Kier alpha value is -1.75. The van der Waals surface area contributed by atoms with Gasteiger partial charge < -0.3 is 15.4 Å². The monoisotopic (exact) mass is 394 g/mol. The minimum atomic E-state index is -0.109. The van der Waals surface area contributed by atoms with Gasteiger partial charge in [-0.15, -0.1) is 12.4 Å². The first-order valence-corrected chi connectivity index (χ1v) is 9.00. The van der Waals surface area contributed by atoms with E-state index in [2.05, 4.69) is 17.6 Å². The summed E-state index contributed by atoms with van der Waals surface area (Å²) in [5.41, 5.74) is 2.11. The third-order valence-electron chi connectivity index (χ3n) is 4.39. The number of piperidine rings is 1. The zero-order valence-corrected chi connectivity index (χ0v) is 16.3. The van der Waals surface area contributed by atoms with E-state index in [1.807, 2.05) is 48.5 Å². The maximum Gasteiger partial charge on any atom is 0.258 e. The quantitative estimate of drug-likeness (QED) is 0.803. The zero-order valence-electron chi connectivity index (χ0n) is 14.7. The van der Waals surface area contributed by atoms with Crippen molar-refractivity contribution in [2.45, 2.75) is 31.8 Å². The van der Waals surface area contributed by atoms with E-state index in [9.17, 15) is 4.79 Å². The summed E-state index contributed by atoms with van der Waals surface area (Å²) in [6.45, 7) is 3.03. The summed E-state index contributed by atoms with van der Waals surface area (Å²) in [6, 6.07) is 16.3. The summed E-state index contributed by atoms with van der Waals surface area (Å²) >= 11 is 6.31. The number of benzene rings is 2. The van der Waals surface area contributed by atoms with Crippen molar-refractivity contribution in [2.24, 2.45) is 0 Å². The lowest BCUT2D eigenvalue weighted by Gasteiger charge is -2.28. The van der Waals surface area contributed by atoms with E-state index in [0.29, 0.717) is 16.8 Å². The first-order chi connectivity index (χ1) is 12.1. The molecule has 1 heterocycles. The number of hydrogen-bond acceptors (Lipinski definition) is 3. The molecule has 140 valence electrons. The van der Waals surface area contributed by atoms with Crippen molar-refractivity contribution in [3.8, 4) is 16.9 Å². The lowest BCUT2D eigenvalue weighted by Crippen LogP contribution is -2.47. The largest absolute Gasteiger partial charge is 0.482 e. The molecule has 0 radical (unpaired) electrons. The Kier molecular flexibility index (Phi) is 7.76. The van der Waals surface area contributed by atoms with Crippen LogP contribution in [0.15, 0.2) is 48.5 Å². The average Bonchev–Trinajstić information content (AvgIpc) is 2.61. The molecular formula is C20H24Cl2N2O2. The highest BCUT2D eigenvalue weighted by Gasteiger charge is 2.20. The van der Waals surface area contributed by atoms with Crippen LogP contribution in [-0.2, 0) is 4.79 Å². The molecule has 1 amide bonds. The summed E-state index contributed by atoms with van der Waals surface area (Å²) in [5, 5.41) is 6.90. The van der Waals surface area contributed by atoms with Crippen LogP contribution in [0.25, 0.3) is 11.1 Å². The van der Waals surface area contributed by atoms with Crippen molar-refractivity contribution in [3.05, 3.63) is 53.6 Å². The SMILES string of the molecule is CC1CC(NC(=O)COc2ccc(-c3ccccc3)cc2Cl)CCN1.Cl. The smallest absolute Gasteiger partial charge is 0.258 e. The third-order valence-corrected chi connectivity index (χ3v) is 4.68. The molecule has 3 rings (SSSR count). The van der Waals surface area contributed by atoms with E-state index in [-0.39, 0.29) is 31.0 Å². The van der Waals surface area contributed by atoms with Crippen LogP contribution in [0.4, 0.5) is 0 Å². The fourth-order valence-corrected chi connectivity index (χ4v) is 3.34. The summed E-state index contributed by atoms with van der Waals surface area (Å²) in [4.78, 5) is 12.1. The predicted molar refractivity (Wildman–Crippen MR) is 108 cm³/mol. The second-order valence-corrected chi connectivity index (χ2v) is 6.85. The summed E-state index contributed by atoms with van der Waals surface area (Å²) in [5.74, 6) is 0.414. The Morgan fingerprint density at radius 3 is 2.69 bits per heavy atom. The molecule has 0 saturated carbocycles. The molecule has 2 aromatic rings. The molecule has 2 N–H and O–H groups in total. The van der Waals surface area contributed by atoms with E-state index in [4.69, 9.17) is 16.3 Å². The van der Waals surface area contributed by atoms with Crippen LogP contribution in [0.1, 0.15) is 19.8 Å². The molecule has 0 aromatic heterocycles. The Bertz CT molecular complexity index is 725. The van der Waals surface area contributed by atoms with Crippen LogP contribution in [-0.4, -0.2) is 31.1 Å². The van der Waals surface area contributed by atoms with Gasteiger partial charge in [-0.2, -0.15) is 0 Å². The van der Waals surface area contributed by atoms with Crippen molar-refractivity contribution in [1.82, 2.24) is 10.6 Å². The Labute approximate surface area is 165 Å². The van der Waals surface area contributed by atoms with E-state index in [1.54, 1.807) is 0 Å². The van der Waals surface area contributed by atoms with Gasteiger partial charge in [0.15, 0.2) is 6.61 Å². The normalized spacial score (nSPS) is 19.3. The van der Waals surface area contributed by atoms with Gasteiger partial charge in [-0.05, 0) is 49.6 Å². The van der Waals surface area contributed by atoms with Crippen LogP contribution < -0.4 is 15.4 Å². The summed E-state index contributed by atoms with van der Waals surface area (Å²) < 4.78 is 5.60. The molecule has 1 saturated heterocycles. The molecule has 26 heavy (non-hydrogen) atoms. The minimum Gasteiger partial charge on any atom is -0.482 e. The molecule has 6 heteroatoms. The Balaban J connectivity index is 0.00000243. The maximum absolute atomic E-state index is 12.1. The first-order valence-electron chi connectivity index (χ1n) is 8.62. The second-order valence-electron chi connectivity index (χ2n) is 6.44. The topological polar surface area (TPSA) is 50.4 Å². The van der Waals surface area contributed by atoms with Crippen LogP contribution >= 0.6 is 24.0 Å². The average molecular weight is 395 g/mol. The fourth-order valence-electron chi connectivity index (χ4n) is 3.10. The molecule has 2 atom stereocenters. The molecule has 2 unspecified atom stereocenters. The van der Waals surface area contributed by atoms with Crippen LogP contribution in [0.2, 0.25) is 5.02 Å². The number of carbonyl (C=O) groups is 1. The van der Waals surface area contributed by atoms with E-state index < -0.39 is 0 Å². The zero-order chi connectivity index (χ0) is 17.6. The Morgan fingerprint density at radius 1 is 1.23 bits per heavy atom. The van der Waals surface area contributed by atoms with Crippen molar-refractivity contribution in [1.29, 1.82) is 0 Å². The minimum absolute atomic E-state index is 0. The van der Waals surface area contributed by atoms with Crippen LogP contribution in [0.3, 0.4) is 0 Å². The van der Waals surface area contributed by atoms with Gasteiger partial charge in [0.1, 0.15) is 5.75 Å². The highest BCUT2D eigenvalue weighted by molar-refractivity contribution is 6.32. The number of carbonyl (C=O) groups excluding carboxylic acids is 1. The molecule has 0 bridgehead atoms. The molecule has 0 spiro atoms.